The molecule has 0 aliphatic heterocycles. The van der Waals surface area contributed by atoms with Crippen LogP contribution in [0.3, 0.4) is 0 Å². The molecule has 0 aliphatic carbocycles. The number of pyridine rings is 1. The van der Waals surface area contributed by atoms with Crippen LogP contribution in [0.1, 0.15) is 28.1 Å². The van der Waals surface area contributed by atoms with E-state index in [0.717, 1.165) is 39.8 Å². The number of benzene rings is 3. The van der Waals surface area contributed by atoms with Gasteiger partial charge in [-0.05, 0) is 70.6 Å². The Morgan fingerprint density at radius 1 is 0.897 bits per heavy atom. The van der Waals surface area contributed by atoms with Crippen LogP contribution in [0.4, 0.5) is 0 Å². The summed E-state index contributed by atoms with van der Waals surface area (Å²) < 4.78 is 12.7. The molecule has 0 aliphatic rings. The fourth-order valence-electron chi connectivity index (χ4n) is 4.68. The zero-order chi connectivity index (χ0) is 27.2. The van der Waals surface area contributed by atoms with Gasteiger partial charge in [-0.3, -0.25) is 9.69 Å². The molecule has 3 aromatic carbocycles. The molecule has 0 spiro atoms. The molecule has 0 fully saturated rings. The lowest BCUT2D eigenvalue weighted by atomic mass is 10.1. The zero-order valence-corrected chi connectivity index (χ0v) is 22.4. The smallest absolute Gasteiger partial charge is 0.252 e. The minimum absolute atomic E-state index is 0.0913. The Morgan fingerprint density at radius 2 is 1.72 bits per heavy atom. The maximum absolute atomic E-state index is 13.0. The van der Waals surface area contributed by atoms with Crippen molar-refractivity contribution in [3.8, 4) is 11.5 Å². The number of hydrogen-bond donors (Lipinski definition) is 1. The Hall–Kier alpha value is -4.50. The van der Waals surface area contributed by atoms with Crippen molar-refractivity contribution in [1.82, 2.24) is 30.1 Å². The second-order valence-electron chi connectivity index (χ2n) is 9.60. The van der Waals surface area contributed by atoms with Gasteiger partial charge in [-0.1, -0.05) is 48.0 Å². The van der Waals surface area contributed by atoms with Gasteiger partial charge in [0.1, 0.15) is 0 Å². The molecule has 9 nitrogen and oxygen atoms in total. The number of hydrogen-bond acceptors (Lipinski definition) is 7. The number of H-pyrrole nitrogens is 1. The second-order valence-corrected chi connectivity index (χ2v) is 9.60. The van der Waals surface area contributed by atoms with Crippen LogP contribution >= 0.6 is 0 Å². The molecule has 1 N–H and O–H groups in total. The number of ether oxygens (including phenoxy) is 2. The van der Waals surface area contributed by atoms with Gasteiger partial charge in [-0.25, -0.2) is 4.68 Å². The second kappa shape index (κ2) is 11.9. The van der Waals surface area contributed by atoms with E-state index in [2.05, 4.69) is 43.6 Å². The van der Waals surface area contributed by atoms with Gasteiger partial charge in [0.25, 0.3) is 5.56 Å². The Kier molecular flexibility index (Phi) is 7.98. The van der Waals surface area contributed by atoms with Crippen LogP contribution in [0.5, 0.6) is 11.5 Å². The standard InChI is InChI=1S/C30H32N6O3/c1-21-9-11-26-24(15-21)17-25(30(37)31-26)19-35(14-13-22-10-12-27(38-2)28(16-22)39-3)20-29-32-33-34-36(29)18-23-7-5-4-6-8-23/h4-12,15-17H,13-14,18-20H2,1-3H3,(H,31,37). The van der Waals surface area contributed by atoms with Gasteiger partial charge in [0.05, 0.1) is 27.3 Å². The minimum atomic E-state index is -0.0913. The maximum atomic E-state index is 13.0. The Bertz CT molecular complexity index is 1610. The van der Waals surface area contributed by atoms with Crippen LogP contribution in [-0.4, -0.2) is 50.9 Å². The van der Waals surface area contributed by atoms with Crippen molar-refractivity contribution in [1.29, 1.82) is 0 Å². The summed E-state index contributed by atoms with van der Waals surface area (Å²) in [7, 11) is 3.26. The van der Waals surface area contributed by atoms with Gasteiger partial charge in [-0.15, -0.1) is 5.10 Å². The highest BCUT2D eigenvalue weighted by molar-refractivity contribution is 5.79. The van der Waals surface area contributed by atoms with E-state index in [1.54, 1.807) is 14.2 Å². The lowest BCUT2D eigenvalue weighted by Gasteiger charge is -2.22. The fraction of sp³-hybridized carbons (Fsp3) is 0.267. The predicted molar refractivity (Wildman–Crippen MR) is 150 cm³/mol. The Labute approximate surface area is 227 Å². The van der Waals surface area contributed by atoms with Gasteiger partial charge < -0.3 is 14.5 Å². The SMILES string of the molecule is COc1ccc(CCN(Cc2cc3cc(C)ccc3[nH]c2=O)Cc2nnnn2Cc2ccccc2)cc1OC. The highest BCUT2D eigenvalue weighted by atomic mass is 16.5. The molecule has 2 heterocycles. The molecule has 0 saturated carbocycles. The van der Waals surface area contributed by atoms with Gasteiger partial charge in [0.2, 0.25) is 0 Å². The van der Waals surface area contributed by atoms with E-state index in [1.807, 2.05) is 66.2 Å². The average molecular weight is 525 g/mol. The lowest BCUT2D eigenvalue weighted by Crippen LogP contribution is -2.30. The molecule has 39 heavy (non-hydrogen) atoms. The summed E-state index contributed by atoms with van der Waals surface area (Å²) >= 11 is 0. The first-order chi connectivity index (χ1) is 19.0. The zero-order valence-electron chi connectivity index (χ0n) is 22.4. The summed E-state index contributed by atoms with van der Waals surface area (Å²) in [4.78, 5) is 18.3. The number of aryl methyl sites for hydroxylation is 1. The van der Waals surface area contributed by atoms with E-state index in [1.165, 1.54) is 0 Å². The summed E-state index contributed by atoms with van der Waals surface area (Å²) in [5, 5.41) is 13.5. The van der Waals surface area contributed by atoms with Crippen molar-refractivity contribution in [2.24, 2.45) is 0 Å². The normalized spacial score (nSPS) is 11.3. The number of fused-ring (bicyclic) bond motifs is 1. The molecule has 0 unspecified atom stereocenters. The van der Waals surface area contributed by atoms with Crippen LogP contribution in [-0.2, 0) is 26.1 Å². The number of nitrogens with one attached hydrogen (secondary N) is 1. The molecule has 0 saturated heterocycles. The summed E-state index contributed by atoms with van der Waals surface area (Å²) in [6.45, 7) is 4.23. The van der Waals surface area contributed by atoms with E-state index in [0.29, 0.717) is 43.2 Å². The molecule has 0 atom stereocenters. The van der Waals surface area contributed by atoms with Crippen LogP contribution in [0.15, 0.2) is 77.6 Å². The van der Waals surface area contributed by atoms with Crippen molar-refractivity contribution < 1.29 is 9.47 Å². The van der Waals surface area contributed by atoms with Crippen LogP contribution < -0.4 is 15.0 Å². The van der Waals surface area contributed by atoms with Gasteiger partial charge >= 0.3 is 0 Å². The van der Waals surface area contributed by atoms with E-state index >= 15 is 0 Å². The molecular weight excluding hydrogens is 492 g/mol. The highest BCUT2D eigenvalue weighted by Gasteiger charge is 2.16. The van der Waals surface area contributed by atoms with E-state index in [-0.39, 0.29) is 5.56 Å². The Balaban J connectivity index is 1.41. The molecule has 5 rings (SSSR count). The number of methoxy groups -OCH3 is 2. The van der Waals surface area contributed by atoms with Crippen molar-refractivity contribution in [2.75, 3.05) is 20.8 Å². The van der Waals surface area contributed by atoms with E-state index in [9.17, 15) is 4.79 Å². The third-order valence-corrected chi connectivity index (χ3v) is 6.78. The number of tetrazole rings is 1. The molecule has 200 valence electrons. The highest BCUT2D eigenvalue weighted by Crippen LogP contribution is 2.28. The first-order valence-corrected chi connectivity index (χ1v) is 12.9. The average Bonchev–Trinajstić information content (AvgIpc) is 3.38. The lowest BCUT2D eigenvalue weighted by molar-refractivity contribution is 0.247. The van der Waals surface area contributed by atoms with Crippen LogP contribution in [0, 0.1) is 6.92 Å². The largest absolute Gasteiger partial charge is 0.493 e. The fourth-order valence-corrected chi connectivity index (χ4v) is 4.68. The summed E-state index contributed by atoms with van der Waals surface area (Å²) in [6, 6.07) is 24.0. The summed E-state index contributed by atoms with van der Waals surface area (Å²) in [5.41, 5.74) is 4.80. The summed E-state index contributed by atoms with van der Waals surface area (Å²) in [6.07, 6.45) is 0.741. The molecule has 2 aromatic heterocycles. The van der Waals surface area contributed by atoms with Crippen molar-refractivity contribution in [3.63, 3.8) is 0 Å². The van der Waals surface area contributed by atoms with Crippen LogP contribution in [0.2, 0.25) is 0 Å². The number of aromatic amines is 1. The molecule has 0 bridgehead atoms. The number of nitrogens with zero attached hydrogens (tertiary/aromatic N) is 5. The van der Waals surface area contributed by atoms with E-state index in [4.69, 9.17) is 9.47 Å². The monoisotopic (exact) mass is 524 g/mol. The third kappa shape index (κ3) is 6.32. The van der Waals surface area contributed by atoms with Crippen LogP contribution in [0.25, 0.3) is 10.9 Å². The quantitative estimate of drug-likeness (QED) is 0.277. The first kappa shape index (κ1) is 26.1. The summed E-state index contributed by atoms with van der Waals surface area (Å²) in [5.74, 6) is 2.12. The number of rotatable bonds is 11. The topological polar surface area (TPSA) is 98.2 Å². The molecule has 5 aromatic rings. The van der Waals surface area contributed by atoms with Crippen molar-refractivity contribution in [2.45, 2.75) is 33.0 Å². The van der Waals surface area contributed by atoms with Crippen molar-refractivity contribution >= 4 is 10.9 Å². The van der Waals surface area contributed by atoms with Crippen molar-refractivity contribution in [3.05, 3.63) is 111 Å². The maximum Gasteiger partial charge on any atom is 0.252 e. The predicted octanol–water partition coefficient (Wildman–Crippen LogP) is 4.13. The molecule has 9 heteroatoms. The molecule has 0 amide bonds. The first-order valence-electron chi connectivity index (χ1n) is 12.9. The van der Waals surface area contributed by atoms with Gasteiger partial charge in [0, 0.05) is 24.2 Å². The Morgan fingerprint density at radius 3 is 2.51 bits per heavy atom. The van der Waals surface area contributed by atoms with Gasteiger partial charge in [0.15, 0.2) is 17.3 Å². The van der Waals surface area contributed by atoms with Gasteiger partial charge in [-0.2, -0.15) is 0 Å². The molecule has 0 radical (unpaired) electrons. The molecular formula is C30H32N6O3. The number of aromatic nitrogens is 5. The van der Waals surface area contributed by atoms with E-state index < -0.39 is 0 Å². The third-order valence-electron chi connectivity index (χ3n) is 6.78. The minimum Gasteiger partial charge on any atom is -0.493 e.